The number of carbonyl (C=O) groups is 1. The molecule has 2 aliphatic heterocycles. The monoisotopic (exact) mass is 573 g/mol. The number of aryl methyl sites for hydroxylation is 1. The van der Waals surface area contributed by atoms with E-state index in [1.165, 1.54) is 12.7 Å². The Labute approximate surface area is 244 Å². The molecule has 0 fully saturated rings. The molecule has 0 radical (unpaired) electrons. The number of benzene rings is 2. The number of aromatic nitrogens is 1. The van der Waals surface area contributed by atoms with Crippen molar-refractivity contribution in [3.63, 3.8) is 0 Å². The number of carbonyl (C=O) groups excluding carboxylic acids is 1. The molecule has 222 valence electrons. The minimum absolute atomic E-state index is 0.0521. The largest absolute Gasteiger partial charge is 0.507 e. The van der Waals surface area contributed by atoms with Crippen LogP contribution in [0.2, 0.25) is 0 Å². The molecule has 9 heteroatoms. The minimum Gasteiger partial charge on any atom is -0.507 e. The summed E-state index contributed by atoms with van der Waals surface area (Å²) in [6, 6.07) is 0. The molecule has 1 amide bonds. The molecule has 42 heavy (non-hydrogen) atoms. The van der Waals surface area contributed by atoms with Crippen molar-refractivity contribution in [3.8, 4) is 23.2 Å². The van der Waals surface area contributed by atoms with Gasteiger partial charge < -0.3 is 40.5 Å². The third kappa shape index (κ3) is 5.32. The van der Waals surface area contributed by atoms with Crippen LogP contribution in [0.15, 0.2) is 46.8 Å². The van der Waals surface area contributed by atoms with E-state index in [-0.39, 0.29) is 51.8 Å². The molecule has 2 aromatic heterocycles. The molecular weight excluding hydrogens is 534 g/mol. The highest BCUT2D eigenvalue weighted by molar-refractivity contribution is 6.29. The Kier molecular flexibility index (Phi) is 8.49. The SMILES string of the molecule is C/C1=C/C=CC(C)CCCCCCCC=COc2oc3c(C)c(O)c4c(O)c(c5c(CN)c[nH]c5c4c3c2O)NC1=O. The Bertz CT molecular complexity index is 1740. The van der Waals surface area contributed by atoms with Crippen LogP contribution >= 0.6 is 0 Å². The number of aromatic amines is 1. The Morgan fingerprint density at radius 3 is 2.52 bits per heavy atom. The first kappa shape index (κ1) is 29.1. The number of furan rings is 1. The number of ether oxygens (including phenoxy) is 1. The number of fused-ring (bicyclic) bond motifs is 13. The predicted molar refractivity (Wildman–Crippen MR) is 166 cm³/mol. The molecule has 1 atom stereocenters. The van der Waals surface area contributed by atoms with E-state index in [1.807, 2.05) is 12.2 Å². The normalized spacial score (nSPS) is 19.1. The number of rotatable bonds is 1. The maximum Gasteiger partial charge on any atom is 0.334 e. The summed E-state index contributed by atoms with van der Waals surface area (Å²) in [7, 11) is 0. The fraction of sp³-hybridized carbons (Fsp3) is 0.364. The van der Waals surface area contributed by atoms with Gasteiger partial charge in [-0.15, -0.1) is 0 Å². The van der Waals surface area contributed by atoms with Crippen LogP contribution in [-0.4, -0.2) is 26.2 Å². The average Bonchev–Trinajstić information content (AvgIpc) is 3.54. The summed E-state index contributed by atoms with van der Waals surface area (Å²) in [6.45, 7) is 5.61. The van der Waals surface area contributed by atoms with Gasteiger partial charge in [-0.25, -0.2) is 0 Å². The first-order valence-corrected chi connectivity index (χ1v) is 14.6. The summed E-state index contributed by atoms with van der Waals surface area (Å²) in [5, 5.41) is 38.1. The van der Waals surface area contributed by atoms with Crippen molar-refractivity contribution in [1.29, 1.82) is 0 Å². The van der Waals surface area contributed by atoms with Crippen LogP contribution in [0.4, 0.5) is 5.69 Å². The van der Waals surface area contributed by atoms with E-state index in [9.17, 15) is 20.1 Å². The van der Waals surface area contributed by atoms with Crippen molar-refractivity contribution in [2.24, 2.45) is 11.7 Å². The maximum absolute atomic E-state index is 13.3. The molecule has 4 heterocycles. The predicted octanol–water partition coefficient (Wildman–Crippen LogP) is 7.67. The minimum atomic E-state index is -0.409. The van der Waals surface area contributed by atoms with Crippen LogP contribution in [-0.2, 0) is 11.3 Å². The lowest BCUT2D eigenvalue weighted by Gasteiger charge is -2.16. The van der Waals surface area contributed by atoms with Gasteiger partial charge in [-0.3, -0.25) is 4.79 Å². The van der Waals surface area contributed by atoms with E-state index in [4.69, 9.17) is 14.9 Å². The molecule has 4 aromatic rings. The number of amides is 1. The number of phenols is 2. The Balaban J connectivity index is 1.72. The quantitative estimate of drug-likeness (QED) is 0.128. The lowest BCUT2D eigenvalue weighted by Crippen LogP contribution is -2.13. The lowest BCUT2D eigenvalue weighted by atomic mass is 9.95. The van der Waals surface area contributed by atoms with Crippen molar-refractivity contribution < 1.29 is 29.3 Å². The molecule has 1 unspecified atom stereocenters. The van der Waals surface area contributed by atoms with Gasteiger partial charge in [0.05, 0.1) is 28.2 Å². The molecule has 6 rings (SSSR count). The fourth-order valence-corrected chi connectivity index (χ4v) is 5.68. The van der Waals surface area contributed by atoms with Gasteiger partial charge >= 0.3 is 5.95 Å². The Hall–Kier alpha value is -4.37. The number of nitrogens with two attached hydrogens (primary N) is 1. The zero-order valence-electron chi connectivity index (χ0n) is 24.3. The van der Waals surface area contributed by atoms with Crippen LogP contribution in [0.1, 0.15) is 69.9 Å². The fourth-order valence-electron chi connectivity index (χ4n) is 5.68. The smallest absolute Gasteiger partial charge is 0.334 e. The number of H-pyrrole nitrogens is 1. The van der Waals surface area contributed by atoms with E-state index >= 15 is 0 Å². The maximum atomic E-state index is 13.3. The number of hydrogen-bond acceptors (Lipinski definition) is 7. The average molecular weight is 574 g/mol. The van der Waals surface area contributed by atoms with E-state index < -0.39 is 5.91 Å². The van der Waals surface area contributed by atoms with Crippen molar-refractivity contribution in [1.82, 2.24) is 4.98 Å². The molecule has 2 aromatic carbocycles. The van der Waals surface area contributed by atoms with E-state index in [0.29, 0.717) is 38.9 Å². The van der Waals surface area contributed by atoms with Crippen LogP contribution in [0.3, 0.4) is 0 Å². The third-order valence-corrected chi connectivity index (χ3v) is 8.12. The molecule has 7 N–H and O–H groups in total. The van der Waals surface area contributed by atoms with Gasteiger partial charge in [0.15, 0.2) is 5.75 Å². The van der Waals surface area contributed by atoms with Gasteiger partial charge in [-0.05, 0) is 50.7 Å². The lowest BCUT2D eigenvalue weighted by molar-refractivity contribution is -0.112. The Morgan fingerprint density at radius 1 is 0.976 bits per heavy atom. The summed E-state index contributed by atoms with van der Waals surface area (Å²) in [4.78, 5) is 16.5. The third-order valence-electron chi connectivity index (χ3n) is 8.12. The highest BCUT2D eigenvalue weighted by Gasteiger charge is 2.29. The van der Waals surface area contributed by atoms with Gasteiger partial charge in [-0.1, -0.05) is 50.8 Å². The zero-order valence-corrected chi connectivity index (χ0v) is 24.3. The summed E-state index contributed by atoms with van der Waals surface area (Å²) >= 11 is 0. The van der Waals surface area contributed by atoms with E-state index in [1.54, 1.807) is 26.1 Å². The molecule has 0 saturated heterocycles. The standard InChI is InChI=1S/C33H39N3O6/c1-18-12-9-7-5-4-6-8-10-15-41-33-30(39)25-23-24(28(37)20(3)31(25)42-33)29(38)27(22-21(16-34)17-35-26(22)23)36-32(40)19(2)14-11-13-18/h10-11,13-15,17-18,35,37-39H,4-9,12,16,34H2,1-3H3,(H,36,40)/b13-11?,15-10?,19-14-. The van der Waals surface area contributed by atoms with Crippen molar-refractivity contribution >= 4 is 44.2 Å². The summed E-state index contributed by atoms with van der Waals surface area (Å²) in [5.41, 5.74) is 8.21. The van der Waals surface area contributed by atoms with Gasteiger partial charge in [0, 0.05) is 34.7 Å². The van der Waals surface area contributed by atoms with E-state index in [2.05, 4.69) is 23.3 Å². The second-order valence-electron chi connectivity index (χ2n) is 11.2. The first-order valence-electron chi connectivity index (χ1n) is 14.6. The number of phenolic OH excluding ortho intramolecular Hbond substituents is 2. The first-order chi connectivity index (χ1) is 20.2. The summed E-state index contributed by atoms with van der Waals surface area (Å²) in [6.07, 6.45) is 18.4. The van der Waals surface area contributed by atoms with Gasteiger partial charge in [0.2, 0.25) is 5.75 Å². The molecule has 9 nitrogen and oxygen atoms in total. The van der Waals surface area contributed by atoms with E-state index in [0.717, 1.165) is 38.5 Å². The van der Waals surface area contributed by atoms with Crippen molar-refractivity contribution in [3.05, 3.63) is 53.5 Å². The van der Waals surface area contributed by atoms with Crippen LogP contribution in [0.5, 0.6) is 23.2 Å². The van der Waals surface area contributed by atoms with Crippen molar-refractivity contribution in [2.45, 2.75) is 72.3 Å². The number of aromatic hydroxyl groups is 3. The molecule has 0 spiro atoms. The highest BCUT2D eigenvalue weighted by atomic mass is 16.6. The molecule has 0 aliphatic carbocycles. The van der Waals surface area contributed by atoms with Gasteiger partial charge in [0.25, 0.3) is 5.91 Å². The van der Waals surface area contributed by atoms with Gasteiger partial charge in [-0.2, -0.15) is 0 Å². The van der Waals surface area contributed by atoms with Crippen LogP contribution in [0.25, 0.3) is 32.6 Å². The number of nitrogens with one attached hydrogen (secondary N) is 2. The van der Waals surface area contributed by atoms with Crippen molar-refractivity contribution in [2.75, 3.05) is 5.32 Å². The Morgan fingerprint density at radius 2 is 1.74 bits per heavy atom. The molecule has 5 bridgehead atoms. The second kappa shape index (κ2) is 12.2. The second-order valence-corrected chi connectivity index (χ2v) is 11.2. The van der Waals surface area contributed by atoms with Crippen LogP contribution < -0.4 is 15.8 Å². The number of anilines is 1. The summed E-state index contributed by atoms with van der Waals surface area (Å²) < 4.78 is 11.6. The zero-order chi connectivity index (χ0) is 30.0. The topological polar surface area (TPSA) is 154 Å². The molecular formula is C33H39N3O6. The molecule has 0 saturated carbocycles. The number of hydrogen-bond donors (Lipinski definition) is 6. The summed E-state index contributed by atoms with van der Waals surface area (Å²) in [5.74, 6) is -1.01. The van der Waals surface area contributed by atoms with Crippen LogP contribution in [0, 0.1) is 12.8 Å². The number of allylic oxidation sites excluding steroid dienone is 4. The van der Waals surface area contributed by atoms with Gasteiger partial charge in [0.1, 0.15) is 11.3 Å². The highest BCUT2D eigenvalue weighted by Crippen LogP contribution is 2.54. The molecule has 2 aliphatic rings.